The van der Waals surface area contributed by atoms with E-state index in [0.29, 0.717) is 12.5 Å². The molecule has 0 saturated heterocycles. The molecule has 1 saturated carbocycles. The summed E-state index contributed by atoms with van der Waals surface area (Å²) in [5.41, 5.74) is 0. The SMILES string of the molecule is OCC(F)(F)CNCC(O)COCC1CC1. The molecule has 0 aromatic heterocycles. The number of alkyl halides is 2. The van der Waals surface area contributed by atoms with Gasteiger partial charge in [-0.2, -0.15) is 0 Å². The van der Waals surface area contributed by atoms with Crippen LogP contribution in [-0.4, -0.2) is 55.1 Å². The molecule has 0 bridgehead atoms. The van der Waals surface area contributed by atoms with Gasteiger partial charge in [0, 0.05) is 13.2 Å². The minimum atomic E-state index is -3.13. The molecule has 0 amide bonds. The molecule has 6 heteroatoms. The zero-order chi connectivity index (χ0) is 12.0. The van der Waals surface area contributed by atoms with Gasteiger partial charge in [-0.3, -0.25) is 0 Å². The Morgan fingerprint density at radius 2 is 2.12 bits per heavy atom. The topological polar surface area (TPSA) is 61.7 Å². The maximum Gasteiger partial charge on any atom is 0.282 e. The Bertz CT molecular complexity index is 201. The van der Waals surface area contributed by atoms with E-state index < -0.39 is 25.2 Å². The second-order valence-electron chi connectivity index (χ2n) is 4.28. The van der Waals surface area contributed by atoms with Gasteiger partial charge in [-0.05, 0) is 18.8 Å². The fraction of sp³-hybridized carbons (Fsp3) is 1.00. The molecule has 1 rings (SSSR count). The lowest BCUT2D eigenvalue weighted by molar-refractivity contribution is -0.0503. The van der Waals surface area contributed by atoms with Gasteiger partial charge in [0.1, 0.15) is 6.61 Å². The molecule has 1 aliphatic carbocycles. The highest BCUT2D eigenvalue weighted by Crippen LogP contribution is 2.28. The molecule has 3 N–H and O–H groups in total. The van der Waals surface area contributed by atoms with Gasteiger partial charge in [-0.1, -0.05) is 0 Å². The Morgan fingerprint density at radius 3 is 2.69 bits per heavy atom. The summed E-state index contributed by atoms with van der Waals surface area (Å²) >= 11 is 0. The van der Waals surface area contributed by atoms with Crippen LogP contribution in [0.15, 0.2) is 0 Å². The number of halogens is 2. The van der Waals surface area contributed by atoms with Crippen LogP contribution in [0.25, 0.3) is 0 Å². The molecular formula is C10H19F2NO3. The number of hydrogen-bond donors (Lipinski definition) is 3. The van der Waals surface area contributed by atoms with Crippen LogP contribution in [0.2, 0.25) is 0 Å². The highest BCUT2D eigenvalue weighted by Gasteiger charge is 2.27. The standard InChI is InChI=1S/C10H19F2NO3/c11-10(12,7-14)6-13-3-9(15)5-16-4-8-1-2-8/h8-9,13-15H,1-7H2. The molecule has 0 radical (unpaired) electrons. The largest absolute Gasteiger partial charge is 0.390 e. The quantitative estimate of drug-likeness (QED) is 0.529. The average molecular weight is 239 g/mol. The molecule has 1 aliphatic rings. The monoisotopic (exact) mass is 239 g/mol. The zero-order valence-corrected chi connectivity index (χ0v) is 9.16. The zero-order valence-electron chi connectivity index (χ0n) is 9.16. The molecule has 0 aliphatic heterocycles. The lowest BCUT2D eigenvalue weighted by atomic mass is 10.3. The molecule has 0 aromatic rings. The first-order valence-electron chi connectivity index (χ1n) is 5.49. The third kappa shape index (κ3) is 6.32. The van der Waals surface area contributed by atoms with Crippen molar-refractivity contribution in [3.63, 3.8) is 0 Å². The lowest BCUT2D eigenvalue weighted by Gasteiger charge is -2.16. The Labute approximate surface area is 93.6 Å². The summed E-state index contributed by atoms with van der Waals surface area (Å²) in [5.74, 6) is -2.51. The molecule has 0 spiro atoms. The van der Waals surface area contributed by atoms with Crippen LogP contribution in [0, 0.1) is 5.92 Å². The number of aliphatic hydroxyl groups is 2. The fourth-order valence-corrected chi connectivity index (χ4v) is 1.19. The van der Waals surface area contributed by atoms with Crippen LogP contribution in [-0.2, 0) is 4.74 Å². The molecule has 96 valence electrons. The predicted molar refractivity (Wildman–Crippen MR) is 54.5 cm³/mol. The molecule has 1 fully saturated rings. The van der Waals surface area contributed by atoms with E-state index in [1.54, 1.807) is 0 Å². The molecule has 0 heterocycles. The number of rotatable bonds is 9. The third-order valence-electron chi connectivity index (χ3n) is 2.36. The van der Waals surface area contributed by atoms with Crippen LogP contribution in [0.4, 0.5) is 8.78 Å². The van der Waals surface area contributed by atoms with Crippen LogP contribution >= 0.6 is 0 Å². The Balaban J connectivity index is 1.94. The fourth-order valence-electron chi connectivity index (χ4n) is 1.19. The van der Waals surface area contributed by atoms with Gasteiger partial charge in [0.15, 0.2) is 0 Å². The van der Waals surface area contributed by atoms with Gasteiger partial charge in [0.05, 0.1) is 19.3 Å². The highest BCUT2D eigenvalue weighted by molar-refractivity contribution is 4.73. The predicted octanol–water partition coefficient (Wildman–Crippen LogP) is -0.00890. The van der Waals surface area contributed by atoms with E-state index >= 15 is 0 Å². The van der Waals surface area contributed by atoms with Crippen molar-refractivity contribution in [2.75, 3.05) is 32.9 Å². The van der Waals surface area contributed by atoms with E-state index in [9.17, 15) is 13.9 Å². The van der Waals surface area contributed by atoms with Gasteiger partial charge in [0.2, 0.25) is 0 Å². The van der Waals surface area contributed by atoms with Crippen molar-refractivity contribution in [2.45, 2.75) is 24.9 Å². The normalized spacial score (nSPS) is 18.8. The van der Waals surface area contributed by atoms with E-state index in [2.05, 4.69) is 5.32 Å². The van der Waals surface area contributed by atoms with Crippen molar-refractivity contribution in [3.05, 3.63) is 0 Å². The van der Waals surface area contributed by atoms with E-state index in [1.807, 2.05) is 0 Å². The summed E-state index contributed by atoms with van der Waals surface area (Å²) in [5, 5.41) is 20.0. The first-order chi connectivity index (χ1) is 7.53. The third-order valence-corrected chi connectivity index (χ3v) is 2.36. The van der Waals surface area contributed by atoms with E-state index in [-0.39, 0.29) is 13.2 Å². The van der Waals surface area contributed by atoms with Gasteiger partial charge < -0.3 is 20.3 Å². The second kappa shape index (κ2) is 6.44. The first-order valence-corrected chi connectivity index (χ1v) is 5.49. The van der Waals surface area contributed by atoms with Gasteiger partial charge in [-0.15, -0.1) is 0 Å². The van der Waals surface area contributed by atoms with Crippen LogP contribution in [0.3, 0.4) is 0 Å². The molecule has 16 heavy (non-hydrogen) atoms. The smallest absolute Gasteiger partial charge is 0.282 e. The number of nitrogens with one attached hydrogen (secondary N) is 1. The van der Waals surface area contributed by atoms with Crippen molar-refractivity contribution in [3.8, 4) is 0 Å². The molecular weight excluding hydrogens is 220 g/mol. The van der Waals surface area contributed by atoms with E-state index in [0.717, 1.165) is 0 Å². The van der Waals surface area contributed by atoms with Crippen molar-refractivity contribution in [2.24, 2.45) is 5.92 Å². The number of hydrogen-bond acceptors (Lipinski definition) is 4. The summed E-state index contributed by atoms with van der Waals surface area (Å²) < 4.78 is 30.3. The molecule has 0 aromatic carbocycles. The number of ether oxygens (including phenoxy) is 1. The summed E-state index contributed by atoms with van der Waals surface area (Å²) in [6.07, 6.45) is 1.57. The van der Waals surface area contributed by atoms with E-state index in [1.165, 1.54) is 12.8 Å². The van der Waals surface area contributed by atoms with Crippen LogP contribution < -0.4 is 5.32 Å². The second-order valence-corrected chi connectivity index (χ2v) is 4.28. The van der Waals surface area contributed by atoms with Crippen molar-refractivity contribution in [1.29, 1.82) is 0 Å². The maximum atomic E-state index is 12.5. The van der Waals surface area contributed by atoms with Crippen molar-refractivity contribution in [1.82, 2.24) is 5.32 Å². The van der Waals surface area contributed by atoms with Crippen LogP contribution in [0.5, 0.6) is 0 Å². The van der Waals surface area contributed by atoms with Crippen molar-refractivity contribution < 1.29 is 23.7 Å². The lowest BCUT2D eigenvalue weighted by Crippen LogP contribution is -2.40. The molecule has 1 unspecified atom stereocenters. The van der Waals surface area contributed by atoms with Gasteiger partial charge in [0.25, 0.3) is 5.92 Å². The average Bonchev–Trinajstić information content (AvgIpc) is 3.01. The maximum absolute atomic E-state index is 12.5. The summed E-state index contributed by atoms with van der Waals surface area (Å²) in [4.78, 5) is 0. The van der Waals surface area contributed by atoms with Gasteiger partial charge in [-0.25, -0.2) is 8.78 Å². The first kappa shape index (κ1) is 13.8. The van der Waals surface area contributed by atoms with Gasteiger partial charge >= 0.3 is 0 Å². The minimum Gasteiger partial charge on any atom is -0.390 e. The highest BCUT2D eigenvalue weighted by atomic mass is 19.3. The Hall–Kier alpha value is -0.300. The summed E-state index contributed by atoms with van der Waals surface area (Å²) in [6.45, 7) is -0.976. The Kier molecular flexibility index (Phi) is 5.54. The minimum absolute atomic E-state index is 0.0419. The van der Waals surface area contributed by atoms with Crippen molar-refractivity contribution >= 4 is 0 Å². The van der Waals surface area contributed by atoms with E-state index in [4.69, 9.17) is 9.84 Å². The molecule has 1 atom stereocenters. The summed E-state index contributed by atoms with van der Waals surface area (Å²) in [6, 6.07) is 0. The Morgan fingerprint density at radius 1 is 1.44 bits per heavy atom. The van der Waals surface area contributed by atoms with Crippen LogP contribution in [0.1, 0.15) is 12.8 Å². The number of aliphatic hydroxyl groups excluding tert-OH is 2. The summed E-state index contributed by atoms with van der Waals surface area (Å²) in [7, 11) is 0. The molecule has 4 nitrogen and oxygen atoms in total.